The van der Waals surface area contributed by atoms with Gasteiger partial charge in [-0.1, -0.05) is 0 Å². The smallest absolute Gasteiger partial charge is 0.323 e. The molecule has 3 N–H and O–H groups in total. The lowest BCUT2D eigenvalue weighted by atomic mass is 10.6. The number of carboxylic acid groups (broad SMARTS) is 1. The summed E-state index contributed by atoms with van der Waals surface area (Å²) in [6.45, 7) is -0.0826. The van der Waals surface area contributed by atoms with Crippen LogP contribution in [0.4, 0.5) is 0 Å². The number of hydrogen-bond donors (Lipinski definition) is 2. The van der Waals surface area contributed by atoms with E-state index in [1.54, 1.807) is 7.05 Å². The van der Waals surface area contributed by atoms with Gasteiger partial charge in [-0.05, 0) is 0 Å². The lowest BCUT2D eigenvalue weighted by Crippen LogP contribution is -2.24. The fourth-order valence-corrected chi connectivity index (χ4v) is 0.368. The molecule has 0 spiro atoms. The average molecular weight is 131 g/mol. The van der Waals surface area contributed by atoms with E-state index < -0.39 is 5.97 Å². The Kier molecular flexibility index (Phi) is 3.19. The molecule has 0 aliphatic carbocycles. The molecule has 0 aliphatic rings. The Balaban J connectivity index is 3.50. The zero-order chi connectivity index (χ0) is 7.28. The lowest BCUT2D eigenvalue weighted by Gasteiger charge is -2.06. The first-order chi connectivity index (χ1) is 4.16. The molecule has 0 heterocycles. The van der Waals surface area contributed by atoms with E-state index in [0.717, 1.165) is 0 Å². The van der Waals surface area contributed by atoms with Crippen LogP contribution in [0.1, 0.15) is 0 Å². The molecule has 0 saturated carbocycles. The van der Waals surface area contributed by atoms with Crippen molar-refractivity contribution < 1.29 is 9.90 Å². The van der Waals surface area contributed by atoms with Gasteiger partial charge in [-0.2, -0.15) is 5.10 Å². The van der Waals surface area contributed by atoms with E-state index in [1.807, 2.05) is 0 Å². The van der Waals surface area contributed by atoms with Gasteiger partial charge < -0.3 is 15.8 Å². The Bertz CT molecular complexity index is 123. The van der Waals surface area contributed by atoms with E-state index in [1.165, 1.54) is 11.2 Å². The van der Waals surface area contributed by atoms with E-state index >= 15 is 0 Å². The summed E-state index contributed by atoms with van der Waals surface area (Å²) in [4.78, 5) is 11.3. The van der Waals surface area contributed by atoms with Crippen molar-refractivity contribution in [2.75, 3.05) is 13.6 Å². The normalized spacial score (nSPS) is 9.89. The van der Waals surface area contributed by atoms with Crippen molar-refractivity contribution in [1.29, 1.82) is 0 Å². The third-order valence-electron chi connectivity index (χ3n) is 0.648. The summed E-state index contributed by atoms with van der Waals surface area (Å²) in [6, 6.07) is 0. The number of carboxylic acids is 1. The van der Waals surface area contributed by atoms with Crippen LogP contribution in [-0.2, 0) is 4.79 Å². The first-order valence-corrected chi connectivity index (χ1v) is 2.32. The minimum Gasteiger partial charge on any atom is -0.480 e. The van der Waals surface area contributed by atoms with Crippen molar-refractivity contribution in [3.05, 3.63) is 0 Å². The second-order valence-corrected chi connectivity index (χ2v) is 1.57. The van der Waals surface area contributed by atoms with Crippen LogP contribution in [0.5, 0.6) is 0 Å². The number of carbonyl (C=O) groups is 1. The third-order valence-corrected chi connectivity index (χ3v) is 0.648. The Morgan fingerprint density at radius 3 is 2.89 bits per heavy atom. The Hall–Kier alpha value is -1.26. The van der Waals surface area contributed by atoms with E-state index in [0.29, 0.717) is 0 Å². The standard InChI is InChI=1S/C4H9N3O2/c1-7(3-6-5)2-4(8)9/h3H,2,5H2,1H3,(H,8,9). The van der Waals surface area contributed by atoms with Crippen LogP contribution in [0.15, 0.2) is 5.10 Å². The summed E-state index contributed by atoms with van der Waals surface area (Å²) < 4.78 is 0. The molecule has 0 aromatic rings. The molecule has 0 unspecified atom stereocenters. The van der Waals surface area contributed by atoms with E-state index in [-0.39, 0.29) is 6.54 Å². The van der Waals surface area contributed by atoms with Gasteiger partial charge in [-0.3, -0.25) is 4.79 Å². The largest absolute Gasteiger partial charge is 0.480 e. The van der Waals surface area contributed by atoms with Crippen LogP contribution in [0.3, 0.4) is 0 Å². The summed E-state index contributed by atoms with van der Waals surface area (Å²) in [5.74, 6) is 3.83. The summed E-state index contributed by atoms with van der Waals surface area (Å²) >= 11 is 0. The van der Waals surface area contributed by atoms with E-state index in [4.69, 9.17) is 10.9 Å². The third kappa shape index (κ3) is 4.60. The van der Waals surface area contributed by atoms with Gasteiger partial charge in [-0.25, -0.2) is 0 Å². The molecule has 0 rings (SSSR count). The molecule has 5 heteroatoms. The van der Waals surface area contributed by atoms with E-state index in [2.05, 4.69) is 5.10 Å². The van der Waals surface area contributed by atoms with Gasteiger partial charge in [0.2, 0.25) is 0 Å². The average Bonchev–Trinajstić information content (AvgIpc) is 1.63. The van der Waals surface area contributed by atoms with Crippen LogP contribution in [0, 0.1) is 0 Å². The zero-order valence-electron chi connectivity index (χ0n) is 5.11. The monoisotopic (exact) mass is 131 g/mol. The molecule has 0 fully saturated rings. The van der Waals surface area contributed by atoms with Crippen LogP contribution in [0.25, 0.3) is 0 Å². The van der Waals surface area contributed by atoms with Crippen molar-refractivity contribution in [2.24, 2.45) is 10.9 Å². The highest BCUT2D eigenvalue weighted by Gasteiger charge is 1.97. The van der Waals surface area contributed by atoms with Crippen molar-refractivity contribution in [3.63, 3.8) is 0 Å². The molecule has 52 valence electrons. The quantitative estimate of drug-likeness (QED) is 0.220. The van der Waals surface area contributed by atoms with Crippen molar-refractivity contribution in [2.45, 2.75) is 0 Å². The SMILES string of the molecule is CN(C=NN)CC(=O)O. The van der Waals surface area contributed by atoms with Crippen LogP contribution in [-0.4, -0.2) is 35.9 Å². The van der Waals surface area contributed by atoms with Gasteiger partial charge in [0.15, 0.2) is 0 Å². The summed E-state index contributed by atoms with van der Waals surface area (Å²) in [6.07, 6.45) is 1.24. The Morgan fingerprint density at radius 2 is 2.56 bits per heavy atom. The Morgan fingerprint density at radius 1 is 2.00 bits per heavy atom. The Labute approximate surface area is 52.8 Å². The number of hydrazone groups is 1. The predicted molar refractivity (Wildman–Crippen MR) is 32.9 cm³/mol. The molecule has 0 aliphatic heterocycles. The van der Waals surface area contributed by atoms with Crippen molar-refractivity contribution >= 4 is 12.3 Å². The second kappa shape index (κ2) is 3.71. The molecule has 0 aromatic carbocycles. The second-order valence-electron chi connectivity index (χ2n) is 1.57. The lowest BCUT2D eigenvalue weighted by molar-refractivity contribution is -0.137. The van der Waals surface area contributed by atoms with Gasteiger partial charge in [0.1, 0.15) is 12.9 Å². The molecule has 0 bridgehead atoms. The number of nitrogens with zero attached hydrogens (tertiary/aromatic N) is 2. The van der Waals surface area contributed by atoms with Gasteiger partial charge in [-0.15, -0.1) is 0 Å². The molecule has 0 saturated heterocycles. The number of aliphatic carboxylic acids is 1. The first kappa shape index (κ1) is 7.74. The first-order valence-electron chi connectivity index (χ1n) is 2.32. The highest BCUT2D eigenvalue weighted by Crippen LogP contribution is 1.73. The minimum absolute atomic E-state index is 0.0826. The van der Waals surface area contributed by atoms with Crippen LogP contribution < -0.4 is 5.84 Å². The molecule has 5 nitrogen and oxygen atoms in total. The summed E-state index contributed by atoms with van der Waals surface area (Å²) in [5.41, 5.74) is 0. The maximum Gasteiger partial charge on any atom is 0.323 e. The van der Waals surface area contributed by atoms with Crippen LogP contribution >= 0.6 is 0 Å². The highest BCUT2D eigenvalue weighted by molar-refractivity contribution is 5.72. The molecule has 0 amide bonds. The number of rotatable bonds is 3. The summed E-state index contributed by atoms with van der Waals surface area (Å²) in [7, 11) is 1.57. The molecule has 0 radical (unpaired) electrons. The fraction of sp³-hybridized carbons (Fsp3) is 0.500. The van der Waals surface area contributed by atoms with Gasteiger partial charge >= 0.3 is 5.97 Å². The maximum absolute atomic E-state index is 9.94. The van der Waals surface area contributed by atoms with Gasteiger partial charge in [0.25, 0.3) is 0 Å². The van der Waals surface area contributed by atoms with Gasteiger partial charge in [0, 0.05) is 7.05 Å². The highest BCUT2D eigenvalue weighted by atomic mass is 16.4. The minimum atomic E-state index is -0.905. The molecule has 9 heavy (non-hydrogen) atoms. The topological polar surface area (TPSA) is 78.9 Å². The summed E-state index contributed by atoms with van der Waals surface area (Å²) in [5, 5.41) is 11.3. The number of likely N-dealkylation sites (N-methyl/N-ethyl adjacent to an activating group) is 1. The van der Waals surface area contributed by atoms with Crippen LogP contribution in [0.2, 0.25) is 0 Å². The molecule has 0 atom stereocenters. The molecular weight excluding hydrogens is 122 g/mol. The number of nitrogens with two attached hydrogens (primary N) is 1. The van der Waals surface area contributed by atoms with E-state index in [9.17, 15) is 4.79 Å². The van der Waals surface area contributed by atoms with Gasteiger partial charge in [0.05, 0.1) is 0 Å². The fourth-order valence-electron chi connectivity index (χ4n) is 0.368. The zero-order valence-corrected chi connectivity index (χ0v) is 5.11. The molecule has 0 aromatic heterocycles. The molecular formula is C4H9N3O2. The number of hydrogen-bond acceptors (Lipinski definition) is 3. The van der Waals surface area contributed by atoms with Crippen molar-refractivity contribution in [3.8, 4) is 0 Å². The maximum atomic E-state index is 9.94. The predicted octanol–water partition coefficient (Wildman–Crippen LogP) is -1.10. The van der Waals surface area contributed by atoms with Crippen molar-refractivity contribution in [1.82, 2.24) is 4.90 Å².